The van der Waals surface area contributed by atoms with Crippen molar-refractivity contribution in [2.24, 2.45) is 29.6 Å². The van der Waals surface area contributed by atoms with Gasteiger partial charge in [-0.3, -0.25) is 28.5 Å². The molecule has 3 aromatic carbocycles. The number of aromatic nitrogens is 1. The van der Waals surface area contributed by atoms with Crippen LogP contribution in [0.25, 0.3) is 33.3 Å². The van der Waals surface area contributed by atoms with E-state index in [0.29, 0.717) is 30.6 Å². The van der Waals surface area contributed by atoms with Crippen LogP contribution in [0.4, 0.5) is 11.4 Å². The van der Waals surface area contributed by atoms with E-state index in [-0.39, 0.29) is 86.9 Å². The Kier molecular flexibility index (Phi) is 17.1. The third-order valence-corrected chi connectivity index (χ3v) is 18.6. The zero-order chi connectivity index (χ0) is 60.2. The van der Waals surface area contributed by atoms with E-state index in [4.69, 9.17) is 23.6 Å². The number of aryl methyl sites for hydroxylation is 1. The summed E-state index contributed by atoms with van der Waals surface area (Å²) in [4.78, 5) is 101. The van der Waals surface area contributed by atoms with Gasteiger partial charge < -0.3 is 63.9 Å². The first-order valence-electron chi connectivity index (χ1n) is 27.4. The molecule has 5 aliphatic heterocycles. The van der Waals surface area contributed by atoms with E-state index in [2.05, 4.69) is 5.32 Å². The van der Waals surface area contributed by atoms with Gasteiger partial charge in [0.15, 0.2) is 11.3 Å². The molecular weight excluding hydrogens is 1080 g/mol. The van der Waals surface area contributed by atoms with Crippen LogP contribution >= 0.6 is 7.37 Å². The van der Waals surface area contributed by atoms with E-state index >= 15 is 4.79 Å². The van der Waals surface area contributed by atoms with E-state index in [1.54, 1.807) is 62.1 Å². The summed E-state index contributed by atoms with van der Waals surface area (Å²) in [5.74, 6) is -8.52. The lowest BCUT2D eigenvalue weighted by Crippen LogP contribution is -2.49. The van der Waals surface area contributed by atoms with Crippen molar-refractivity contribution in [1.29, 1.82) is 0 Å². The number of hydrogen-bond donors (Lipinski definition) is 6. The number of carbonyl (C=O) groups is 5. The number of piperazine rings is 1. The highest BCUT2D eigenvalue weighted by Crippen LogP contribution is 2.51. The molecule has 2 amide bonds. The number of fused-ring (bicyclic) bond motifs is 14. The van der Waals surface area contributed by atoms with Crippen LogP contribution in [-0.4, -0.2) is 121 Å². The first-order chi connectivity index (χ1) is 38.4. The van der Waals surface area contributed by atoms with Gasteiger partial charge in [-0.15, -0.1) is 0 Å². The van der Waals surface area contributed by atoms with Crippen LogP contribution in [0.2, 0.25) is 0 Å². The van der Waals surface area contributed by atoms with Crippen LogP contribution in [0.5, 0.6) is 17.2 Å². The zero-order valence-corrected chi connectivity index (χ0v) is 49.1. The maximum Gasteiger partial charge on any atom is 0.312 e. The first kappa shape index (κ1) is 60.7. The minimum absolute atomic E-state index is 0.0000546. The van der Waals surface area contributed by atoms with Crippen molar-refractivity contribution in [3.8, 4) is 28.7 Å². The molecule has 6 N–H and O–H groups in total. The van der Waals surface area contributed by atoms with Crippen molar-refractivity contribution in [1.82, 2.24) is 9.88 Å². The fourth-order valence-electron chi connectivity index (χ4n) is 11.5. The van der Waals surface area contributed by atoms with Gasteiger partial charge in [0.2, 0.25) is 18.7 Å². The third kappa shape index (κ3) is 11.4. The van der Waals surface area contributed by atoms with Gasteiger partial charge >= 0.3 is 11.8 Å². The van der Waals surface area contributed by atoms with Crippen molar-refractivity contribution in [3.63, 3.8) is 0 Å². The van der Waals surface area contributed by atoms with Gasteiger partial charge in [0.25, 0.3) is 11.7 Å². The van der Waals surface area contributed by atoms with Crippen molar-refractivity contribution in [2.45, 2.75) is 119 Å². The summed E-state index contributed by atoms with van der Waals surface area (Å²) in [6.45, 7) is 21.2. The Labute approximate surface area is 475 Å². The Hall–Kier alpha value is -7.38. The summed E-state index contributed by atoms with van der Waals surface area (Å²) in [7, 11) is -3.94. The summed E-state index contributed by atoms with van der Waals surface area (Å²) in [5.41, 5.74) is -0.582. The number of Topliss-reactive ketones (excluding diaryl/α,β-unsaturated/α-hetero) is 1. The standard InChI is InChI=1S/C61H73N4O16P/c1-30-18-24-78-61(12)58(74)47-45-46(53(72)37(8)56(47)81-61)54(73)50(63-59(75)33(4)15-13-14-32(3)51(70)35(6)52(71)36(7)55(34(30)5)79-38(9)67)57-49(45)62-48-42(68)26-39(27-43(48)80-57)64-19-21-65(22-20-64)44(69)29-60(10,11)41-28-40(17-16-31(41)2)82(76,77)25-23-66/h13-18,23-24,26-28,30,32,34-36,51-52,55,68,70-72H,19-22,25,29H2,1-12H3,(H,63,75)(H,76,77)/b14-13+,24-18+,33-15-/t30-,32-,34+,35+,36+,51-,52+,55+,61-/m0/s1. The van der Waals surface area contributed by atoms with Crippen LogP contribution < -0.4 is 25.7 Å². The maximum absolute atomic E-state index is 15.0. The Morgan fingerprint density at radius 1 is 0.927 bits per heavy atom. The number of aldehydes is 1. The highest BCUT2D eigenvalue weighted by atomic mass is 31.2. The molecule has 0 saturated carbocycles. The Balaban J connectivity index is 1.19. The number of aliphatic hydroxyl groups excluding tert-OH is 2. The number of aromatic hydroxyl groups is 2. The second-order valence-corrected chi connectivity index (χ2v) is 25.5. The van der Waals surface area contributed by atoms with Crippen LogP contribution in [0.1, 0.15) is 103 Å². The zero-order valence-electron chi connectivity index (χ0n) is 48.2. The fraction of sp³-hybridized carbons (Fsp3) is 0.459. The number of allylic oxidation sites excluding steroid dienone is 3. The molecule has 1 unspecified atom stereocenters. The SMILES string of the molecule is CC(=O)O[C@H]1[C@H](C)[C@H](O)[C@H](C)[C@@H](O)[C@@H](C)/C=C/C=C(/C)C(=O)Nc2c3oc4cc(N5CCN(C(=O)CC(C)(C)c6cc(P(=O)(O)CC=O)ccc6C)CC5)cc(O)c4nc-3c3c4c(c(C)c(O)c3c2=O)O[C@](C)(O/C=C/[C@H](C)[C@H]1C)C4=O. The molecule has 82 heavy (non-hydrogen) atoms. The number of carbonyl (C=O) groups excluding carboxylic acids is 5. The third-order valence-electron chi connectivity index (χ3n) is 16.8. The van der Waals surface area contributed by atoms with Gasteiger partial charge in [-0.05, 0) is 67.4 Å². The number of benzene rings is 4. The second-order valence-electron chi connectivity index (χ2n) is 23.2. The summed E-state index contributed by atoms with van der Waals surface area (Å²) in [6, 6.07) is 7.90. The normalized spacial score (nSPS) is 27.1. The average molecular weight is 1150 g/mol. The molecule has 20 nitrogen and oxygen atoms in total. The molecule has 0 aromatic heterocycles. The molecule has 9 rings (SSSR count). The summed E-state index contributed by atoms with van der Waals surface area (Å²) in [6.07, 6.45) is 4.49. The van der Waals surface area contributed by atoms with E-state index in [9.17, 15) is 53.9 Å². The first-order valence-corrected chi connectivity index (χ1v) is 29.3. The highest BCUT2D eigenvalue weighted by molar-refractivity contribution is 7.66. The van der Waals surface area contributed by atoms with Gasteiger partial charge in [0.05, 0.1) is 35.6 Å². The van der Waals surface area contributed by atoms with Crippen molar-refractivity contribution < 1.29 is 72.5 Å². The molecule has 0 spiro atoms. The summed E-state index contributed by atoms with van der Waals surface area (Å²) < 4.78 is 37.7. The monoisotopic (exact) mass is 1150 g/mol. The van der Waals surface area contributed by atoms with Gasteiger partial charge in [-0.25, -0.2) is 4.98 Å². The van der Waals surface area contributed by atoms with E-state index in [0.717, 1.165) is 5.56 Å². The number of ether oxygens (including phenoxy) is 3. The number of amides is 2. The second kappa shape index (κ2) is 23.1. The molecule has 10 atom stereocenters. The number of anilines is 2. The van der Waals surface area contributed by atoms with Crippen LogP contribution in [0.3, 0.4) is 0 Å². The number of nitrogens with zero attached hydrogens (tertiary/aromatic N) is 3. The minimum Gasteiger partial charge on any atom is -0.507 e. The molecule has 5 bridgehead atoms. The fourth-order valence-corrected chi connectivity index (χ4v) is 12.5. The lowest BCUT2D eigenvalue weighted by molar-refractivity contribution is -0.158. The maximum atomic E-state index is 15.0. The number of phenolic OH excluding ortho intramolecular Hbond substituents is 2. The van der Waals surface area contributed by atoms with Crippen LogP contribution in [-0.2, 0) is 38.6 Å². The number of esters is 1. The molecule has 1 saturated heterocycles. The number of ketones is 1. The van der Waals surface area contributed by atoms with E-state index in [1.165, 1.54) is 52.2 Å². The number of nitrogens with one attached hydrogen (secondary N) is 1. The van der Waals surface area contributed by atoms with Crippen molar-refractivity contribution in [2.75, 3.05) is 42.6 Å². The number of aliphatic hydroxyl groups is 2. The number of hydrogen-bond acceptors (Lipinski definition) is 17. The van der Waals surface area contributed by atoms with Gasteiger partial charge in [0.1, 0.15) is 46.5 Å². The highest BCUT2D eigenvalue weighted by Gasteiger charge is 2.50. The Bertz CT molecular complexity index is 3580. The number of phenols is 2. The molecule has 438 valence electrons. The number of rotatable bonds is 8. The van der Waals surface area contributed by atoms with Gasteiger partial charge in [-0.1, -0.05) is 72.8 Å². The molecule has 3 aromatic rings. The minimum atomic E-state index is -3.94. The van der Waals surface area contributed by atoms with E-state index < -0.39 is 113 Å². The Morgan fingerprint density at radius 3 is 2.27 bits per heavy atom. The van der Waals surface area contributed by atoms with Crippen LogP contribution in [0, 0.1) is 43.4 Å². The molecule has 5 heterocycles. The average Bonchev–Trinajstić information content (AvgIpc) is 2.10. The predicted molar refractivity (Wildman–Crippen MR) is 309 cm³/mol. The summed E-state index contributed by atoms with van der Waals surface area (Å²) >= 11 is 0. The predicted octanol–water partition coefficient (Wildman–Crippen LogP) is 7.70. The summed E-state index contributed by atoms with van der Waals surface area (Å²) in [5, 5.41) is 49.1. The topological polar surface area (TPSA) is 293 Å². The van der Waals surface area contributed by atoms with Crippen LogP contribution in [0.15, 0.2) is 75.7 Å². The molecule has 1 fully saturated rings. The molecular formula is C61H73N4O16P. The molecule has 1 aliphatic carbocycles. The lowest BCUT2D eigenvalue weighted by Gasteiger charge is -2.38. The quantitative estimate of drug-likeness (QED) is 0.0285. The molecule has 21 heteroatoms. The van der Waals surface area contributed by atoms with E-state index in [1.807, 2.05) is 39.5 Å². The molecule has 6 aliphatic rings. The van der Waals surface area contributed by atoms with Crippen molar-refractivity contribution in [3.05, 3.63) is 98.9 Å². The van der Waals surface area contributed by atoms with Gasteiger partial charge in [-0.2, -0.15) is 0 Å². The Morgan fingerprint density at radius 2 is 1.61 bits per heavy atom. The van der Waals surface area contributed by atoms with Crippen molar-refractivity contribution >= 4 is 75.8 Å². The smallest absolute Gasteiger partial charge is 0.312 e. The largest absolute Gasteiger partial charge is 0.507 e. The lowest BCUT2D eigenvalue weighted by atomic mass is 9.77. The molecule has 0 radical (unpaired) electrons. The van der Waals surface area contributed by atoms with Gasteiger partial charge in [0, 0.05) is 104 Å².